The second-order valence-electron chi connectivity index (χ2n) is 4.05. The predicted molar refractivity (Wildman–Crippen MR) is 77.7 cm³/mol. The fraction of sp³-hybridized carbons (Fsp3) is 0.667. The number of anilines is 2. The van der Waals surface area contributed by atoms with Crippen LogP contribution in [0, 0.1) is 6.92 Å². The minimum Gasteiger partial charge on any atom is -0.370 e. The molecule has 0 aliphatic carbocycles. The lowest BCUT2D eigenvalue weighted by atomic mass is 10.3. The quantitative estimate of drug-likeness (QED) is 0.787. The van der Waals surface area contributed by atoms with E-state index in [1.807, 2.05) is 20.8 Å². The third kappa shape index (κ3) is 4.25. The maximum absolute atomic E-state index is 11.0. The van der Waals surface area contributed by atoms with Gasteiger partial charge in [0.1, 0.15) is 17.5 Å². The van der Waals surface area contributed by atoms with Crippen molar-refractivity contribution in [2.24, 2.45) is 0 Å². The lowest BCUT2D eigenvalue weighted by Gasteiger charge is -2.13. The summed E-state index contributed by atoms with van der Waals surface area (Å²) >= 11 is 0. The Hall–Kier alpha value is -1.17. The molecule has 0 aliphatic heterocycles. The second-order valence-corrected chi connectivity index (χ2v) is 5.60. The number of hydrogen-bond acceptors (Lipinski definition) is 5. The lowest BCUT2D eigenvalue weighted by Crippen LogP contribution is -2.14. The van der Waals surface area contributed by atoms with E-state index in [1.54, 1.807) is 6.26 Å². The molecule has 5 nitrogen and oxygen atoms in total. The van der Waals surface area contributed by atoms with Crippen molar-refractivity contribution in [3.63, 3.8) is 0 Å². The maximum atomic E-state index is 11.0. The van der Waals surface area contributed by atoms with Crippen molar-refractivity contribution < 1.29 is 4.21 Å². The van der Waals surface area contributed by atoms with Crippen LogP contribution in [-0.2, 0) is 17.2 Å². The van der Waals surface area contributed by atoms with Gasteiger partial charge in [-0.1, -0.05) is 6.92 Å². The topological polar surface area (TPSA) is 66.9 Å². The van der Waals surface area contributed by atoms with E-state index in [4.69, 9.17) is 0 Å². The molecule has 1 unspecified atom stereocenters. The normalized spacial score (nSPS) is 12.2. The zero-order valence-corrected chi connectivity index (χ0v) is 12.4. The van der Waals surface area contributed by atoms with Gasteiger partial charge in [-0.15, -0.1) is 0 Å². The van der Waals surface area contributed by atoms with Crippen molar-refractivity contribution in [1.29, 1.82) is 0 Å². The molecular formula is C12H22N4OS. The van der Waals surface area contributed by atoms with E-state index < -0.39 is 10.8 Å². The van der Waals surface area contributed by atoms with E-state index in [0.29, 0.717) is 12.3 Å². The van der Waals surface area contributed by atoms with Crippen molar-refractivity contribution >= 4 is 22.4 Å². The fourth-order valence-electron chi connectivity index (χ4n) is 1.55. The molecule has 0 aliphatic rings. The Morgan fingerprint density at radius 2 is 1.78 bits per heavy atom. The van der Waals surface area contributed by atoms with Gasteiger partial charge in [-0.3, -0.25) is 4.21 Å². The van der Waals surface area contributed by atoms with E-state index in [-0.39, 0.29) is 0 Å². The predicted octanol–water partition coefficient (Wildman–Crippen LogP) is 1.57. The summed E-state index contributed by atoms with van der Waals surface area (Å²) < 4.78 is 11.0. The van der Waals surface area contributed by atoms with E-state index in [9.17, 15) is 4.21 Å². The molecular weight excluding hydrogens is 248 g/mol. The highest BCUT2D eigenvalue weighted by atomic mass is 32.2. The minimum atomic E-state index is -0.783. The van der Waals surface area contributed by atoms with Gasteiger partial charge in [0.15, 0.2) is 0 Å². The van der Waals surface area contributed by atoms with Gasteiger partial charge in [0.05, 0.1) is 0 Å². The van der Waals surface area contributed by atoms with Gasteiger partial charge in [-0.25, -0.2) is 9.97 Å². The highest BCUT2D eigenvalue weighted by Crippen LogP contribution is 2.19. The van der Waals surface area contributed by atoms with Crippen LogP contribution in [0.25, 0.3) is 0 Å². The van der Waals surface area contributed by atoms with Gasteiger partial charge in [0.25, 0.3) is 0 Å². The summed E-state index contributed by atoms with van der Waals surface area (Å²) in [6, 6.07) is 0. The van der Waals surface area contributed by atoms with Gasteiger partial charge >= 0.3 is 0 Å². The molecule has 0 saturated heterocycles. The summed E-state index contributed by atoms with van der Waals surface area (Å²) in [6.07, 6.45) is 2.50. The van der Waals surface area contributed by atoms with Crippen LogP contribution < -0.4 is 10.6 Å². The highest BCUT2D eigenvalue weighted by Gasteiger charge is 2.09. The van der Waals surface area contributed by atoms with Crippen LogP contribution in [0.4, 0.5) is 11.6 Å². The standard InChI is InChI=1S/C12H22N4OS/c1-5-10-15-11(13-6-2)9(3)12(16-10)14-7-8-18(4)17/h5-8H2,1-4H3,(H2,13,14,15,16). The van der Waals surface area contributed by atoms with Crippen LogP contribution in [0.5, 0.6) is 0 Å². The first-order valence-electron chi connectivity index (χ1n) is 6.23. The van der Waals surface area contributed by atoms with Crippen molar-refractivity contribution in [1.82, 2.24) is 9.97 Å². The average Bonchev–Trinajstić information content (AvgIpc) is 2.33. The molecule has 0 aromatic carbocycles. The van der Waals surface area contributed by atoms with Gasteiger partial charge < -0.3 is 10.6 Å². The number of aromatic nitrogens is 2. The number of hydrogen-bond donors (Lipinski definition) is 2. The second kappa shape index (κ2) is 7.31. The number of nitrogens with one attached hydrogen (secondary N) is 2. The Labute approximate surface area is 111 Å². The summed E-state index contributed by atoms with van der Waals surface area (Å²) in [7, 11) is -0.783. The van der Waals surface area contributed by atoms with Crippen LogP contribution in [0.15, 0.2) is 0 Å². The van der Waals surface area contributed by atoms with Crippen LogP contribution >= 0.6 is 0 Å². The first-order valence-corrected chi connectivity index (χ1v) is 7.96. The molecule has 6 heteroatoms. The van der Waals surface area contributed by atoms with Crippen molar-refractivity contribution in [3.8, 4) is 0 Å². The largest absolute Gasteiger partial charge is 0.370 e. The third-order valence-electron chi connectivity index (χ3n) is 2.53. The molecule has 102 valence electrons. The van der Waals surface area contributed by atoms with Gasteiger partial charge in [-0.05, 0) is 13.8 Å². The molecule has 0 bridgehead atoms. The Bertz CT molecular complexity index is 423. The van der Waals surface area contributed by atoms with Crippen molar-refractivity contribution in [2.75, 3.05) is 35.7 Å². The van der Waals surface area contributed by atoms with Crippen molar-refractivity contribution in [3.05, 3.63) is 11.4 Å². The van der Waals surface area contributed by atoms with E-state index in [0.717, 1.165) is 36.0 Å². The summed E-state index contributed by atoms with van der Waals surface area (Å²) in [6.45, 7) is 7.56. The Morgan fingerprint density at radius 3 is 2.28 bits per heavy atom. The van der Waals surface area contributed by atoms with E-state index >= 15 is 0 Å². The first kappa shape index (κ1) is 14.9. The summed E-state index contributed by atoms with van der Waals surface area (Å²) in [4.78, 5) is 8.93. The Kier molecular flexibility index (Phi) is 6.04. The molecule has 0 amide bonds. The maximum Gasteiger partial charge on any atom is 0.134 e. The molecule has 1 atom stereocenters. The molecule has 1 aromatic rings. The van der Waals surface area contributed by atoms with Gasteiger partial charge in [0, 0.05) is 47.9 Å². The van der Waals surface area contributed by atoms with E-state index in [2.05, 4.69) is 20.6 Å². The third-order valence-corrected chi connectivity index (χ3v) is 3.31. The molecule has 18 heavy (non-hydrogen) atoms. The van der Waals surface area contributed by atoms with Crippen LogP contribution in [0.3, 0.4) is 0 Å². The first-order chi connectivity index (χ1) is 8.58. The molecule has 2 N–H and O–H groups in total. The average molecular weight is 270 g/mol. The molecule has 1 rings (SSSR count). The number of rotatable bonds is 7. The summed E-state index contributed by atoms with van der Waals surface area (Å²) in [5.41, 5.74) is 1.01. The van der Waals surface area contributed by atoms with Crippen molar-refractivity contribution in [2.45, 2.75) is 27.2 Å². The number of nitrogens with zero attached hydrogens (tertiary/aromatic N) is 2. The molecule has 1 aromatic heterocycles. The minimum absolute atomic E-state index is 0.626. The summed E-state index contributed by atoms with van der Waals surface area (Å²) in [5.74, 6) is 3.16. The smallest absolute Gasteiger partial charge is 0.134 e. The lowest BCUT2D eigenvalue weighted by molar-refractivity contribution is 0.687. The van der Waals surface area contributed by atoms with Crippen LogP contribution in [0.1, 0.15) is 25.2 Å². The van der Waals surface area contributed by atoms with Gasteiger partial charge in [-0.2, -0.15) is 0 Å². The fourth-order valence-corrected chi connectivity index (χ4v) is 1.94. The Morgan fingerprint density at radius 1 is 1.17 bits per heavy atom. The van der Waals surface area contributed by atoms with E-state index in [1.165, 1.54) is 0 Å². The monoisotopic (exact) mass is 270 g/mol. The molecule has 0 saturated carbocycles. The zero-order chi connectivity index (χ0) is 13.5. The molecule has 0 radical (unpaired) electrons. The molecule has 0 fully saturated rings. The summed E-state index contributed by atoms with van der Waals surface area (Å²) in [5, 5.41) is 6.47. The SMILES string of the molecule is CCNc1nc(CC)nc(NCCS(C)=O)c1C. The Balaban J connectivity index is 2.87. The van der Waals surface area contributed by atoms with Crippen LogP contribution in [-0.4, -0.2) is 39.3 Å². The molecule has 1 heterocycles. The van der Waals surface area contributed by atoms with Gasteiger partial charge in [0.2, 0.25) is 0 Å². The number of aryl methyl sites for hydroxylation is 1. The highest BCUT2D eigenvalue weighted by molar-refractivity contribution is 7.84. The molecule has 0 spiro atoms. The zero-order valence-electron chi connectivity index (χ0n) is 11.5. The van der Waals surface area contributed by atoms with Crippen LogP contribution in [0.2, 0.25) is 0 Å².